The molecule has 104 valence electrons. The monoisotopic (exact) mass is 312 g/mol. The summed E-state index contributed by atoms with van der Waals surface area (Å²) >= 11 is 3.37. The van der Waals surface area contributed by atoms with Crippen molar-refractivity contribution in [2.24, 2.45) is 0 Å². The Balaban J connectivity index is 1.74. The van der Waals surface area contributed by atoms with Gasteiger partial charge in [-0.3, -0.25) is 4.79 Å². The molecule has 2 nitrogen and oxygen atoms in total. The lowest BCUT2D eigenvalue weighted by atomic mass is 10.1. The Bertz CT molecular complexity index is 765. The fourth-order valence-corrected chi connectivity index (χ4v) is 3.62. The van der Waals surface area contributed by atoms with Crippen molar-refractivity contribution in [1.82, 2.24) is 0 Å². The van der Waals surface area contributed by atoms with Gasteiger partial charge in [0.2, 0.25) is 0 Å². The zero-order valence-corrected chi connectivity index (χ0v) is 12.7. The maximum atomic E-state index is 12.0. The maximum absolute atomic E-state index is 12.0. The van der Waals surface area contributed by atoms with Crippen LogP contribution >= 0.6 is 22.7 Å². The van der Waals surface area contributed by atoms with Crippen LogP contribution in [0.3, 0.4) is 0 Å². The smallest absolute Gasteiger partial charge is 0.185 e. The number of phenols is 1. The van der Waals surface area contributed by atoms with E-state index in [4.69, 9.17) is 0 Å². The molecule has 1 N–H and O–H groups in total. The minimum absolute atomic E-state index is 0.0685. The third kappa shape index (κ3) is 3.29. The highest BCUT2D eigenvalue weighted by Crippen LogP contribution is 2.32. The van der Waals surface area contributed by atoms with Crippen LogP contribution in [0, 0.1) is 0 Å². The topological polar surface area (TPSA) is 37.3 Å². The van der Waals surface area contributed by atoms with Crippen molar-refractivity contribution in [3.05, 3.63) is 70.4 Å². The number of thiophene rings is 2. The quantitative estimate of drug-likeness (QED) is 0.539. The summed E-state index contributed by atoms with van der Waals surface area (Å²) in [7, 11) is 0. The second-order valence-corrected chi connectivity index (χ2v) is 6.49. The molecule has 0 amide bonds. The van der Waals surface area contributed by atoms with Gasteiger partial charge in [0.25, 0.3) is 0 Å². The summed E-state index contributed by atoms with van der Waals surface area (Å²) in [6.45, 7) is 0. The molecule has 2 heterocycles. The summed E-state index contributed by atoms with van der Waals surface area (Å²) in [5.41, 5.74) is 0.569. The van der Waals surface area contributed by atoms with Gasteiger partial charge in [-0.25, -0.2) is 0 Å². The van der Waals surface area contributed by atoms with Crippen LogP contribution in [-0.2, 0) is 0 Å². The van der Waals surface area contributed by atoms with Crippen molar-refractivity contribution in [3.63, 3.8) is 0 Å². The number of hydrogen-bond donors (Lipinski definition) is 1. The summed E-state index contributed by atoms with van der Waals surface area (Å²) in [5, 5.41) is 11.3. The van der Waals surface area contributed by atoms with E-state index in [2.05, 4.69) is 17.5 Å². The summed E-state index contributed by atoms with van der Waals surface area (Å²) in [6, 6.07) is 14.5. The van der Waals surface area contributed by atoms with Crippen molar-refractivity contribution in [2.45, 2.75) is 0 Å². The van der Waals surface area contributed by atoms with Gasteiger partial charge in [0.15, 0.2) is 5.78 Å². The molecular weight excluding hydrogens is 300 g/mol. The molecular formula is C17H12O2S2. The van der Waals surface area contributed by atoms with Gasteiger partial charge in [0.05, 0.1) is 0 Å². The first kappa shape index (κ1) is 13.8. The molecule has 4 heteroatoms. The number of hydrogen-bond acceptors (Lipinski definition) is 4. The molecule has 0 atom stereocenters. The Morgan fingerprint density at radius 3 is 2.52 bits per heavy atom. The van der Waals surface area contributed by atoms with E-state index >= 15 is 0 Å². The SMILES string of the molecule is O=C(C=Cc1ccc(-c2cccs2)s1)c1ccc(O)cc1. The van der Waals surface area contributed by atoms with E-state index in [9.17, 15) is 9.90 Å². The molecule has 0 saturated carbocycles. The zero-order chi connectivity index (χ0) is 14.7. The van der Waals surface area contributed by atoms with E-state index in [-0.39, 0.29) is 11.5 Å². The van der Waals surface area contributed by atoms with Gasteiger partial charge < -0.3 is 5.11 Å². The summed E-state index contributed by atoms with van der Waals surface area (Å²) in [6.07, 6.45) is 3.40. The number of allylic oxidation sites excluding steroid dienone is 1. The average Bonchev–Trinajstić information content (AvgIpc) is 3.16. The van der Waals surface area contributed by atoms with E-state index in [1.54, 1.807) is 40.9 Å². The highest BCUT2D eigenvalue weighted by atomic mass is 32.1. The van der Waals surface area contributed by atoms with E-state index in [1.165, 1.54) is 21.9 Å². The molecule has 1 aromatic carbocycles. The normalized spacial score (nSPS) is 11.0. The highest BCUT2D eigenvalue weighted by Gasteiger charge is 2.04. The fraction of sp³-hybridized carbons (Fsp3) is 0. The van der Waals surface area contributed by atoms with Gasteiger partial charge in [-0.2, -0.15) is 0 Å². The van der Waals surface area contributed by atoms with E-state index in [0.717, 1.165) is 4.88 Å². The maximum Gasteiger partial charge on any atom is 0.185 e. The number of ketones is 1. The lowest BCUT2D eigenvalue weighted by Crippen LogP contribution is -1.92. The first-order valence-electron chi connectivity index (χ1n) is 6.37. The number of benzene rings is 1. The molecule has 0 aliphatic carbocycles. The van der Waals surface area contributed by atoms with Gasteiger partial charge in [-0.1, -0.05) is 6.07 Å². The van der Waals surface area contributed by atoms with Gasteiger partial charge in [-0.05, 0) is 60.0 Å². The molecule has 0 unspecified atom stereocenters. The van der Waals surface area contributed by atoms with Crippen LogP contribution in [0.5, 0.6) is 5.75 Å². The third-order valence-electron chi connectivity index (χ3n) is 2.94. The van der Waals surface area contributed by atoms with Crippen LogP contribution in [0.1, 0.15) is 15.2 Å². The summed E-state index contributed by atoms with van der Waals surface area (Å²) in [4.78, 5) is 15.5. The molecule has 3 aromatic rings. The predicted octanol–water partition coefficient (Wildman–Crippen LogP) is 5.08. The predicted molar refractivity (Wildman–Crippen MR) is 89.1 cm³/mol. The van der Waals surface area contributed by atoms with Crippen LogP contribution in [0.2, 0.25) is 0 Å². The zero-order valence-electron chi connectivity index (χ0n) is 11.0. The largest absolute Gasteiger partial charge is 0.508 e. The Morgan fingerprint density at radius 2 is 1.81 bits per heavy atom. The van der Waals surface area contributed by atoms with Crippen LogP contribution in [0.15, 0.2) is 60.0 Å². The Labute approximate surface area is 130 Å². The molecule has 2 aromatic heterocycles. The Hall–Kier alpha value is -2.17. The van der Waals surface area contributed by atoms with Crippen LogP contribution in [0.4, 0.5) is 0 Å². The average molecular weight is 312 g/mol. The molecule has 0 bridgehead atoms. The fourth-order valence-electron chi connectivity index (χ4n) is 1.87. The van der Waals surface area contributed by atoms with E-state index < -0.39 is 0 Å². The Morgan fingerprint density at radius 1 is 1.00 bits per heavy atom. The molecule has 21 heavy (non-hydrogen) atoms. The van der Waals surface area contributed by atoms with Crippen molar-refractivity contribution in [3.8, 4) is 15.5 Å². The molecule has 0 radical (unpaired) electrons. The van der Waals surface area contributed by atoms with Crippen molar-refractivity contribution < 1.29 is 9.90 Å². The minimum Gasteiger partial charge on any atom is -0.508 e. The van der Waals surface area contributed by atoms with E-state index in [1.807, 2.05) is 18.2 Å². The highest BCUT2D eigenvalue weighted by molar-refractivity contribution is 7.21. The molecule has 0 aliphatic heterocycles. The van der Waals surface area contributed by atoms with Gasteiger partial charge in [0.1, 0.15) is 5.75 Å². The Kier molecular flexibility index (Phi) is 3.99. The van der Waals surface area contributed by atoms with E-state index in [0.29, 0.717) is 5.56 Å². The van der Waals surface area contributed by atoms with Crippen LogP contribution in [0.25, 0.3) is 15.8 Å². The second-order valence-electron chi connectivity index (χ2n) is 4.42. The number of rotatable bonds is 4. The first-order chi connectivity index (χ1) is 10.2. The molecule has 0 aliphatic rings. The first-order valence-corrected chi connectivity index (χ1v) is 8.07. The van der Waals surface area contributed by atoms with Crippen molar-refractivity contribution in [2.75, 3.05) is 0 Å². The van der Waals surface area contributed by atoms with Crippen LogP contribution in [-0.4, -0.2) is 10.9 Å². The molecule has 0 fully saturated rings. The number of phenolic OH excluding ortho intramolecular Hbond substituents is 1. The second kappa shape index (κ2) is 6.08. The van der Waals surface area contributed by atoms with Crippen LogP contribution < -0.4 is 0 Å². The van der Waals surface area contributed by atoms with Gasteiger partial charge in [-0.15, -0.1) is 22.7 Å². The third-order valence-corrected chi connectivity index (χ3v) is 5.06. The summed E-state index contributed by atoms with van der Waals surface area (Å²) < 4.78 is 0. The van der Waals surface area contributed by atoms with Gasteiger partial charge >= 0.3 is 0 Å². The van der Waals surface area contributed by atoms with Gasteiger partial charge in [0, 0.05) is 20.2 Å². The van der Waals surface area contributed by atoms with Crippen molar-refractivity contribution >= 4 is 34.5 Å². The molecule has 0 saturated heterocycles. The summed E-state index contributed by atoms with van der Waals surface area (Å²) in [5.74, 6) is 0.0930. The molecule has 3 rings (SSSR count). The number of carbonyl (C=O) groups excluding carboxylic acids is 1. The lowest BCUT2D eigenvalue weighted by Gasteiger charge is -1.95. The lowest BCUT2D eigenvalue weighted by molar-refractivity contribution is 0.104. The van der Waals surface area contributed by atoms with Crippen molar-refractivity contribution in [1.29, 1.82) is 0 Å². The number of aromatic hydroxyl groups is 1. The minimum atomic E-state index is -0.0685. The number of carbonyl (C=O) groups is 1. The standard InChI is InChI=1S/C17H12O2S2/c18-13-5-3-12(4-6-13)15(19)9-7-14-8-10-17(21-14)16-2-1-11-20-16/h1-11,18H. The molecule has 0 spiro atoms.